The number of carbonyl (C=O) groups excluding carboxylic acids is 2. The predicted molar refractivity (Wildman–Crippen MR) is 369 cm³/mol. The molecule has 4 heterocycles. The number of rotatable bonds is 33. The van der Waals surface area contributed by atoms with E-state index in [0.29, 0.717) is 65.2 Å². The number of halogens is 3. The van der Waals surface area contributed by atoms with Crippen LogP contribution in [-0.4, -0.2) is 83.7 Å². The smallest absolute Gasteiger partial charge is 0.494 e. The third kappa shape index (κ3) is 16.4. The van der Waals surface area contributed by atoms with Gasteiger partial charge in [0.05, 0.1) is 45.6 Å². The van der Waals surface area contributed by atoms with Crippen molar-refractivity contribution < 1.29 is 40.7 Å². The highest BCUT2D eigenvalue weighted by molar-refractivity contribution is 7.92. The molecule has 0 atom stereocenters. The van der Waals surface area contributed by atoms with Crippen LogP contribution < -0.4 is 25.5 Å². The number of unbranched alkanes of at least 4 members (excludes halogenated alkanes) is 6. The van der Waals surface area contributed by atoms with Crippen LogP contribution in [-0.2, 0) is 19.4 Å². The van der Waals surface area contributed by atoms with E-state index in [9.17, 15) is 43.0 Å². The van der Waals surface area contributed by atoms with Gasteiger partial charge in [0.1, 0.15) is 44.7 Å². The molecular formula is C70H84B2F3N7O6S3. The van der Waals surface area contributed by atoms with Crippen molar-refractivity contribution >= 4 is 100 Å². The Morgan fingerprint density at radius 2 is 1.07 bits per heavy atom. The van der Waals surface area contributed by atoms with E-state index in [4.69, 9.17) is 19.4 Å². The molecule has 4 aromatic carbocycles. The van der Waals surface area contributed by atoms with Crippen LogP contribution in [0.15, 0.2) is 72.8 Å². The molecular weight excluding hydrogens is 1210 g/mol. The number of alkyl halides is 3. The van der Waals surface area contributed by atoms with Gasteiger partial charge in [0.15, 0.2) is 0 Å². The summed E-state index contributed by atoms with van der Waals surface area (Å²) in [5, 5.41) is 19.4. The van der Waals surface area contributed by atoms with Crippen molar-refractivity contribution in [3.05, 3.63) is 127 Å². The van der Waals surface area contributed by atoms with Gasteiger partial charge in [-0.25, -0.2) is 23.2 Å². The summed E-state index contributed by atoms with van der Waals surface area (Å²) in [5.74, 6) is -1.41. The van der Waals surface area contributed by atoms with Crippen LogP contribution in [0.3, 0.4) is 0 Å². The monoisotopic (exact) mass is 1290 g/mol. The summed E-state index contributed by atoms with van der Waals surface area (Å²) >= 11 is 3.02. The molecule has 8 aromatic rings. The van der Waals surface area contributed by atoms with Crippen LogP contribution in [0.2, 0.25) is 25.3 Å². The topological polar surface area (TPSA) is 163 Å². The minimum absolute atomic E-state index is 0.0209. The lowest BCUT2D eigenvalue weighted by atomic mass is 9.53. The van der Waals surface area contributed by atoms with Gasteiger partial charge in [0.25, 0.3) is 23.5 Å². The van der Waals surface area contributed by atoms with Crippen LogP contribution in [0, 0.1) is 45.6 Å². The van der Waals surface area contributed by atoms with E-state index in [-0.39, 0.29) is 45.5 Å². The number of thiazole rings is 2. The molecule has 480 valence electrons. The fourth-order valence-electron chi connectivity index (χ4n) is 12.0. The van der Waals surface area contributed by atoms with Gasteiger partial charge in [-0.1, -0.05) is 104 Å². The van der Waals surface area contributed by atoms with Crippen LogP contribution in [0.1, 0.15) is 157 Å². The average Bonchev–Trinajstić information content (AvgIpc) is 1.53. The van der Waals surface area contributed by atoms with Crippen LogP contribution in [0.5, 0.6) is 11.5 Å². The zero-order chi connectivity index (χ0) is 65.6. The molecule has 1 N–H and O–H groups in total. The number of amides is 1. The van der Waals surface area contributed by atoms with E-state index in [1.165, 1.54) is 22.7 Å². The van der Waals surface area contributed by atoms with E-state index in [0.717, 1.165) is 163 Å². The van der Waals surface area contributed by atoms with Gasteiger partial charge >= 0.3 is 5.51 Å². The molecule has 0 aliphatic heterocycles. The average molecular weight is 1290 g/mol. The number of ether oxygens (including phenoxy) is 2. The number of carbonyl (C=O) groups is 2. The number of nitrogens with one attached hydrogen (secondary N) is 1. The number of sulfone groups is 1. The molecule has 0 saturated heterocycles. The van der Waals surface area contributed by atoms with Crippen molar-refractivity contribution in [2.75, 3.05) is 25.5 Å². The van der Waals surface area contributed by atoms with Gasteiger partial charge in [0.2, 0.25) is 11.6 Å². The van der Waals surface area contributed by atoms with Crippen molar-refractivity contribution in [1.29, 1.82) is 5.26 Å². The van der Waals surface area contributed by atoms with Crippen LogP contribution >= 0.6 is 22.7 Å². The Bertz CT molecular complexity index is 4020. The van der Waals surface area contributed by atoms with Gasteiger partial charge in [0, 0.05) is 46.9 Å². The molecule has 0 aliphatic rings. The van der Waals surface area contributed by atoms with Crippen molar-refractivity contribution in [1.82, 2.24) is 24.2 Å². The molecule has 1 amide bonds. The summed E-state index contributed by atoms with van der Waals surface area (Å²) in [5.41, 5.74) is 4.77. The second kappa shape index (κ2) is 31.9. The molecule has 21 heteroatoms. The second-order valence-corrected chi connectivity index (χ2v) is 28.0. The van der Waals surface area contributed by atoms with Crippen molar-refractivity contribution in [3.63, 3.8) is 0 Å². The first-order valence-electron chi connectivity index (χ1n) is 32.4. The lowest BCUT2D eigenvalue weighted by Gasteiger charge is -2.24. The number of benzene rings is 4. The zero-order valence-corrected chi connectivity index (χ0v) is 56.6. The number of fused-ring (bicyclic) bond motifs is 3. The largest absolute Gasteiger partial charge is 0.497 e. The van der Waals surface area contributed by atoms with Gasteiger partial charge in [-0.2, -0.15) is 18.4 Å². The summed E-state index contributed by atoms with van der Waals surface area (Å²) in [6, 6.07) is 27.3. The molecule has 8 rings (SSSR count). The maximum atomic E-state index is 13.1. The number of nitrogens with zero attached hydrogens (tertiary/aromatic N) is 6. The van der Waals surface area contributed by atoms with Gasteiger partial charge in [-0.3, -0.25) is 9.59 Å². The zero-order valence-electron chi connectivity index (χ0n) is 54.1. The standard InChI is InChI=1S/C70H84B2F3N7O6S3/c1-11-16-34-71(35-17-12-2)81-65(51-28-32-54(33-29-51)88-39-23-21-25-60(84)78-15-5)62-61(66(81)55(44-76)68-79-56-40-46(6)48(8)42-58(56)89-68)64(50-26-30-53(31-27-50)87-38-22-20-24-52(83)45-91(85,86)70(73,74)75)82(72(36-18-13-3)37-19-14-4)67(62)63(77-10)69-80-57-41-47(7)49(9)43-59(57)90-69/h26-33,40-43H,11-25,34-39,45H2,1-9H3,(H,78,84)/b66-55-,67-63+. The number of hydrogen-bond acceptors (Lipinski definition) is 11. The third-order valence-corrected chi connectivity index (χ3v) is 20.6. The Balaban J connectivity index is 1.51. The SMILES string of the molecule is [C-]#[N+]/C(c1nc2cc(C)c(C)cc2s1)=c1\c2c(-c3ccc(OCCCCC(=O)NCC)cc3)n(B(CCCC)CCCC)/c(=C(/C#N)c3nc4cc(C)c(C)cc4s3)c2c(-c2ccc(OCCCCC(=O)CS(=O)(=O)C(F)(F)F)cc2)n1B(CCCC)CCCC. The van der Waals surface area contributed by atoms with Gasteiger partial charge < -0.3 is 23.7 Å². The van der Waals surface area contributed by atoms with E-state index >= 15 is 0 Å². The normalized spacial score (nSPS) is 12.5. The number of hydrogen-bond donors (Lipinski definition) is 1. The van der Waals surface area contributed by atoms with E-state index in [2.05, 4.69) is 117 Å². The summed E-state index contributed by atoms with van der Waals surface area (Å²) in [7, 11) is -5.57. The molecule has 91 heavy (non-hydrogen) atoms. The summed E-state index contributed by atoms with van der Waals surface area (Å²) in [6.45, 7) is 29.5. The summed E-state index contributed by atoms with van der Waals surface area (Å²) < 4.78 is 82.1. The van der Waals surface area contributed by atoms with Crippen LogP contribution in [0.25, 0.3) is 69.8 Å². The molecule has 0 saturated carbocycles. The summed E-state index contributed by atoms with van der Waals surface area (Å²) in [4.78, 5) is 40.0. The Labute approximate surface area is 543 Å². The number of ketones is 1. The van der Waals surface area contributed by atoms with Crippen molar-refractivity contribution in [2.24, 2.45) is 0 Å². The van der Waals surface area contributed by atoms with Gasteiger partial charge in [-0.15, -0.1) is 22.7 Å². The van der Waals surface area contributed by atoms with E-state index in [1.54, 1.807) is 0 Å². The lowest BCUT2D eigenvalue weighted by Crippen LogP contribution is -2.38. The molecule has 0 bridgehead atoms. The molecule has 0 unspecified atom stereocenters. The number of aryl methyl sites for hydroxylation is 4. The Kier molecular flexibility index (Phi) is 24.4. The molecule has 0 fully saturated rings. The molecule has 0 aliphatic carbocycles. The van der Waals surface area contributed by atoms with Crippen LogP contribution in [0.4, 0.5) is 13.2 Å². The number of aromatic nitrogens is 4. The molecule has 13 nitrogen and oxygen atoms in total. The molecule has 0 radical (unpaired) electrons. The maximum Gasteiger partial charge on any atom is 0.497 e. The van der Waals surface area contributed by atoms with E-state index in [1.807, 2.05) is 43.3 Å². The minimum atomic E-state index is -5.57. The Morgan fingerprint density at radius 1 is 0.637 bits per heavy atom. The second-order valence-electron chi connectivity index (χ2n) is 23.9. The number of Topliss-reactive ketones (excluding diaryl/α,β-unsaturated/α-hetero) is 1. The summed E-state index contributed by atoms with van der Waals surface area (Å²) in [6.07, 6.45) is 12.5. The first-order chi connectivity index (χ1) is 43.7. The first kappa shape index (κ1) is 69.7. The quantitative estimate of drug-likeness (QED) is 0.0240. The third-order valence-electron chi connectivity index (χ3n) is 17.1. The maximum absolute atomic E-state index is 13.1. The predicted octanol–water partition coefficient (Wildman–Crippen LogP) is 16.6. The highest BCUT2D eigenvalue weighted by atomic mass is 32.2. The van der Waals surface area contributed by atoms with Crippen molar-refractivity contribution in [2.45, 2.75) is 183 Å². The fraction of sp³-hybridized carbons (Fsp3) is 0.457. The Morgan fingerprint density at radius 3 is 1.51 bits per heavy atom. The van der Waals surface area contributed by atoms with Gasteiger partial charge in [-0.05, 0) is 166 Å². The van der Waals surface area contributed by atoms with Crippen molar-refractivity contribution in [3.8, 4) is 40.1 Å². The Hall–Kier alpha value is -7.19. The number of nitriles is 1. The lowest BCUT2D eigenvalue weighted by molar-refractivity contribution is -0.121. The minimum Gasteiger partial charge on any atom is -0.494 e. The highest BCUT2D eigenvalue weighted by Gasteiger charge is 2.46. The fourth-order valence-corrected chi connectivity index (χ4v) is 14.8. The van der Waals surface area contributed by atoms with E-state index < -0.39 is 26.9 Å². The molecule has 0 spiro atoms. The highest BCUT2D eigenvalue weighted by Crippen LogP contribution is 2.41. The first-order valence-corrected chi connectivity index (χ1v) is 35.6. The molecule has 4 aromatic heterocycles.